The average Bonchev–Trinajstić information content (AvgIpc) is 3.16. The van der Waals surface area contributed by atoms with Gasteiger partial charge in [0.25, 0.3) is 5.69 Å². The molecule has 2 heterocycles. The molecule has 0 radical (unpaired) electrons. The third-order valence-electron chi connectivity index (χ3n) is 6.27. The summed E-state index contributed by atoms with van der Waals surface area (Å²) in [5.41, 5.74) is 0.988. The Kier molecular flexibility index (Phi) is 7.76. The fraction of sp³-hybridized carbons (Fsp3) is 0.360. The van der Waals surface area contributed by atoms with E-state index in [-0.39, 0.29) is 30.1 Å². The standard InChI is InChI=1S/C25H28ClN5O5/c1-16(2)29-11-9-20(10-12-29)28-25(33)36-24-14-17-13-21(31(34)35)7-8-22(17)30(24)15-23(32)27-19-5-3-18(26)4-6-19/h3-8,13-14,16,20H,9-12,15H2,1-2H3,(H,27,32)(H,28,33). The highest BCUT2D eigenvalue weighted by Crippen LogP contribution is 2.29. The molecule has 36 heavy (non-hydrogen) atoms. The molecule has 0 aliphatic carbocycles. The van der Waals surface area contributed by atoms with Crippen molar-refractivity contribution in [1.29, 1.82) is 0 Å². The SMILES string of the molecule is CC(C)N1CCC(NC(=O)Oc2cc3cc([N+](=O)[O-])ccc3n2CC(=O)Nc2ccc(Cl)cc2)CC1. The number of nitro benzene ring substituents is 1. The van der Waals surface area contributed by atoms with E-state index < -0.39 is 11.0 Å². The molecule has 1 saturated heterocycles. The molecule has 11 heteroatoms. The summed E-state index contributed by atoms with van der Waals surface area (Å²) in [6.45, 7) is 5.90. The first-order chi connectivity index (χ1) is 17.2. The lowest BCUT2D eigenvalue weighted by molar-refractivity contribution is -0.384. The molecule has 1 aliphatic rings. The molecule has 10 nitrogen and oxygen atoms in total. The second-order valence-corrected chi connectivity index (χ2v) is 9.50. The number of anilines is 1. The van der Waals surface area contributed by atoms with Gasteiger partial charge in [0, 0.05) is 59.5 Å². The highest BCUT2D eigenvalue weighted by molar-refractivity contribution is 6.30. The van der Waals surface area contributed by atoms with E-state index >= 15 is 0 Å². The van der Waals surface area contributed by atoms with Crippen LogP contribution in [0, 0.1) is 10.1 Å². The molecular formula is C25H28ClN5O5. The lowest BCUT2D eigenvalue weighted by Crippen LogP contribution is -2.47. The molecule has 0 unspecified atom stereocenters. The van der Waals surface area contributed by atoms with Gasteiger partial charge in [0.1, 0.15) is 6.54 Å². The molecule has 0 saturated carbocycles. The number of amides is 2. The minimum atomic E-state index is -0.630. The van der Waals surface area contributed by atoms with E-state index in [9.17, 15) is 19.7 Å². The van der Waals surface area contributed by atoms with Crippen molar-refractivity contribution >= 4 is 45.9 Å². The van der Waals surface area contributed by atoms with E-state index in [1.165, 1.54) is 28.8 Å². The van der Waals surface area contributed by atoms with Crippen LogP contribution in [-0.2, 0) is 11.3 Å². The molecule has 1 aliphatic heterocycles. The minimum absolute atomic E-state index is 0.0142. The minimum Gasteiger partial charge on any atom is -0.393 e. The Morgan fingerprint density at radius 1 is 1.14 bits per heavy atom. The van der Waals surface area contributed by atoms with Crippen LogP contribution in [0.1, 0.15) is 26.7 Å². The molecule has 1 aromatic heterocycles. The van der Waals surface area contributed by atoms with E-state index in [4.69, 9.17) is 16.3 Å². The molecule has 190 valence electrons. The summed E-state index contributed by atoms with van der Waals surface area (Å²) in [5.74, 6) is -0.242. The first-order valence-electron chi connectivity index (χ1n) is 11.7. The number of carbonyl (C=O) groups is 2. The highest BCUT2D eigenvalue weighted by Gasteiger charge is 2.24. The number of nitrogens with zero attached hydrogens (tertiary/aromatic N) is 3. The summed E-state index contributed by atoms with van der Waals surface area (Å²) >= 11 is 5.90. The number of hydrogen-bond donors (Lipinski definition) is 2. The van der Waals surface area contributed by atoms with Crippen LogP contribution in [0.25, 0.3) is 10.9 Å². The predicted octanol–water partition coefficient (Wildman–Crippen LogP) is 4.80. The van der Waals surface area contributed by atoms with Gasteiger partial charge in [-0.25, -0.2) is 4.79 Å². The van der Waals surface area contributed by atoms with Gasteiger partial charge in [-0.15, -0.1) is 0 Å². The number of halogens is 1. The van der Waals surface area contributed by atoms with Crippen LogP contribution in [0.3, 0.4) is 0 Å². The largest absolute Gasteiger partial charge is 0.414 e. The number of nitrogens with one attached hydrogen (secondary N) is 2. The second kappa shape index (κ2) is 11.0. The van der Waals surface area contributed by atoms with Gasteiger partial charge in [0.05, 0.1) is 10.4 Å². The summed E-state index contributed by atoms with van der Waals surface area (Å²) in [7, 11) is 0. The smallest absolute Gasteiger partial charge is 0.393 e. The predicted molar refractivity (Wildman–Crippen MR) is 138 cm³/mol. The molecule has 0 spiro atoms. The number of non-ortho nitro benzene ring substituents is 1. The number of carbonyl (C=O) groups excluding carboxylic acids is 2. The Hall–Kier alpha value is -3.63. The maximum absolute atomic E-state index is 12.8. The summed E-state index contributed by atoms with van der Waals surface area (Å²) in [5, 5.41) is 17.9. The molecule has 4 rings (SSSR count). The fourth-order valence-electron chi connectivity index (χ4n) is 4.32. The number of piperidine rings is 1. The van der Waals surface area contributed by atoms with E-state index in [1.807, 2.05) is 0 Å². The van der Waals surface area contributed by atoms with Crippen molar-refractivity contribution in [3.63, 3.8) is 0 Å². The number of aromatic nitrogens is 1. The van der Waals surface area contributed by atoms with Crippen molar-refractivity contribution in [1.82, 2.24) is 14.8 Å². The van der Waals surface area contributed by atoms with Crippen LogP contribution in [-0.4, -0.2) is 51.6 Å². The maximum Gasteiger partial charge on any atom is 0.414 e. The summed E-state index contributed by atoms with van der Waals surface area (Å²) < 4.78 is 7.13. The topological polar surface area (TPSA) is 119 Å². The Bertz CT molecular complexity index is 1270. The Labute approximate surface area is 213 Å². The van der Waals surface area contributed by atoms with E-state index in [1.54, 1.807) is 24.3 Å². The van der Waals surface area contributed by atoms with Crippen molar-refractivity contribution < 1.29 is 19.2 Å². The van der Waals surface area contributed by atoms with E-state index in [0.29, 0.717) is 27.7 Å². The van der Waals surface area contributed by atoms with E-state index in [2.05, 4.69) is 29.4 Å². The van der Waals surface area contributed by atoms with Gasteiger partial charge in [-0.05, 0) is 57.0 Å². The molecule has 2 N–H and O–H groups in total. The van der Waals surface area contributed by atoms with Crippen LogP contribution >= 0.6 is 11.6 Å². The molecule has 1 fully saturated rings. The number of hydrogen-bond acceptors (Lipinski definition) is 6. The van der Waals surface area contributed by atoms with Crippen molar-refractivity contribution in [2.24, 2.45) is 0 Å². The van der Waals surface area contributed by atoms with Gasteiger partial charge < -0.3 is 24.8 Å². The van der Waals surface area contributed by atoms with Crippen LogP contribution in [0.5, 0.6) is 5.88 Å². The van der Waals surface area contributed by atoms with Gasteiger partial charge in [-0.1, -0.05) is 11.6 Å². The number of likely N-dealkylation sites (tertiary alicyclic amines) is 1. The zero-order valence-electron chi connectivity index (χ0n) is 20.1. The lowest BCUT2D eigenvalue weighted by Gasteiger charge is -2.34. The van der Waals surface area contributed by atoms with Crippen molar-refractivity contribution in [3.8, 4) is 5.88 Å². The zero-order valence-corrected chi connectivity index (χ0v) is 20.8. The average molecular weight is 514 g/mol. The number of ether oxygens (including phenoxy) is 1. The number of benzene rings is 2. The highest BCUT2D eigenvalue weighted by atomic mass is 35.5. The zero-order chi connectivity index (χ0) is 25.8. The summed E-state index contributed by atoms with van der Waals surface area (Å²) in [6.07, 6.45) is 0.993. The van der Waals surface area contributed by atoms with Gasteiger partial charge in [-0.3, -0.25) is 14.9 Å². The molecule has 2 amide bonds. The van der Waals surface area contributed by atoms with Crippen LogP contribution < -0.4 is 15.4 Å². The van der Waals surface area contributed by atoms with Crippen LogP contribution in [0.15, 0.2) is 48.5 Å². The summed E-state index contributed by atoms with van der Waals surface area (Å²) in [6, 6.07) is 12.9. The van der Waals surface area contributed by atoms with Gasteiger partial charge in [0.15, 0.2) is 0 Å². The quantitative estimate of drug-likeness (QED) is 0.346. The lowest BCUT2D eigenvalue weighted by atomic mass is 10.0. The Morgan fingerprint density at radius 2 is 1.83 bits per heavy atom. The third kappa shape index (κ3) is 6.13. The Morgan fingerprint density at radius 3 is 2.47 bits per heavy atom. The molecular weight excluding hydrogens is 486 g/mol. The van der Waals surface area contributed by atoms with Crippen molar-refractivity contribution in [3.05, 3.63) is 63.7 Å². The number of rotatable bonds is 7. The third-order valence-corrected chi connectivity index (χ3v) is 6.52. The summed E-state index contributed by atoms with van der Waals surface area (Å²) in [4.78, 5) is 38.6. The fourth-order valence-corrected chi connectivity index (χ4v) is 4.45. The first kappa shape index (κ1) is 25.5. The van der Waals surface area contributed by atoms with Crippen LogP contribution in [0.4, 0.5) is 16.2 Å². The van der Waals surface area contributed by atoms with Crippen LogP contribution in [0.2, 0.25) is 5.02 Å². The molecule has 3 aromatic rings. The molecule has 0 bridgehead atoms. The normalized spacial score (nSPS) is 14.7. The van der Waals surface area contributed by atoms with Crippen molar-refractivity contribution in [2.75, 3.05) is 18.4 Å². The monoisotopic (exact) mass is 513 g/mol. The van der Waals surface area contributed by atoms with Gasteiger partial charge in [-0.2, -0.15) is 0 Å². The number of nitro groups is 1. The van der Waals surface area contributed by atoms with Gasteiger partial charge in [0.2, 0.25) is 11.8 Å². The number of fused-ring (bicyclic) bond motifs is 1. The molecule has 2 aromatic carbocycles. The van der Waals surface area contributed by atoms with Gasteiger partial charge >= 0.3 is 6.09 Å². The van der Waals surface area contributed by atoms with E-state index in [0.717, 1.165) is 25.9 Å². The second-order valence-electron chi connectivity index (χ2n) is 9.06. The maximum atomic E-state index is 12.8. The Balaban J connectivity index is 1.51. The first-order valence-corrected chi connectivity index (χ1v) is 12.1. The molecule has 0 atom stereocenters. The van der Waals surface area contributed by atoms with Crippen molar-refractivity contribution in [2.45, 2.75) is 45.3 Å².